The molecule has 0 aliphatic carbocycles. The van der Waals surface area contributed by atoms with E-state index in [1.54, 1.807) is 0 Å². The minimum Gasteiger partial charge on any atom is -0.217 e. The lowest BCUT2D eigenvalue weighted by molar-refractivity contribution is 0.220. The predicted octanol–water partition coefficient (Wildman–Crippen LogP) is 7.89. The molecule has 3 unspecified atom stereocenters. The Kier molecular flexibility index (Phi) is 13.5. The summed E-state index contributed by atoms with van der Waals surface area (Å²) in [6, 6.07) is 27.7. The van der Waals surface area contributed by atoms with Crippen molar-refractivity contribution in [3.63, 3.8) is 0 Å². The van der Waals surface area contributed by atoms with E-state index in [0.717, 1.165) is 16.7 Å². The van der Waals surface area contributed by atoms with Crippen LogP contribution in [0.5, 0.6) is 0 Å². The standard InChI is InChI=1S/C24H27O10P4/c25-35(29-19-16-22-10-4-1-5-11-22)32-38(28,33-36(26)30-20-17-23-12-6-2-7-13-23)34-37(27)31-21-18-24-14-8-3-9-15-24/h1-15H,16-21H2/q+3. The highest BCUT2D eigenvalue weighted by atomic mass is 31.3. The van der Waals surface area contributed by atoms with Gasteiger partial charge in [-0.3, -0.25) is 0 Å². The Morgan fingerprint density at radius 1 is 0.474 bits per heavy atom. The van der Waals surface area contributed by atoms with Crippen LogP contribution in [0.3, 0.4) is 0 Å². The summed E-state index contributed by atoms with van der Waals surface area (Å²) in [5, 5.41) is 0. The molecule has 0 saturated carbocycles. The molecule has 10 nitrogen and oxygen atoms in total. The maximum atomic E-state index is 13.1. The molecule has 0 spiro atoms. The molecule has 0 aromatic heterocycles. The first kappa shape index (κ1) is 30.5. The van der Waals surface area contributed by atoms with E-state index in [4.69, 9.17) is 26.5 Å². The lowest BCUT2D eigenvalue weighted by Crippen LogP contribution is -1.98. The lowest BCUT2D eigenvalue weighted by atomic mass is 10.2. The van der Waals surface area contributed by atoms with Gasteiger partial charge in [-0.15, -0.1) is 13.6 Å². The minimum atomic E-state index is -4.95. The van der Waals surface area contributed by atoms with E-state index >= 15 is 0 Å². The molecule has 3 aromatic rings. The quantitative estimate of drug-likeness (QED) is 0.133. The largest absolute Gasteiger partial charge is 0.708 e. The third-order valence-electron chi connectivity index (χ3n) is 4.79. The van der Waals surface area contributed by atoms with Crippen molar-refractivity contribution in [3.05, 3.63) is 108 Å². The van der Waals surface area contributed by atoms with Crippen LogP contribution >= 0.6 is 32.6 Å². The normalized spacial score (nSPS) is 13.9. The summed E-state index contributed by atoms with van der Waals surface area (Å²) >= 11 is 0. The zero-order valence-electron chi connectivity index (χ0n) is 20.3. The van der Waals surface area contributed by atoms with Crippen molar-refractivity contribution in [2.45, 2.75) is 19.3 Å². The number of benzene rings is 3. The van der Waals surface area contributed by atoms with Crippen LogP contribution in [0.2, 0.25) is 0 Å². The molecule has 0 fully saturated rings. The average molecular weight is 599 g/mol. The molecule has 14 heteroatoms. The fourth-order valence-electron chi connectivity index (χ4n) is 3.01. The first-order valence-electron chi connectivity index (χ1n) is 11.5. The van der Waals surface area contributed by atoms with Gasteiger partial charge in [0.1, 0.15) is 19.8 Å². The molecule has 3 rings (SSSR count). The lowest BCUT2D eigenvalue weighted by Gasteiger charge is -1.99. The van der Waals surface area contributed by atoms with E-state index in [1.165, 1.54) is 0 Å². The highest BCUT2D eigenvalue weighted by molar-refractivity contribution is 7.65. The van der Waals surface area contributed by atoms with Gasteiger partial charge in [0.25, 0.3) is 0 Å². The molecule has 200 valence electrons. The number of hydrogen-bond acceptors (Lipinski definition) is 10. The molecule has 38 heavy (non-hydrogen) atoms. The van der Waals surface area contributed by atoms with Gasteiger partial charge >= 0.3 is 32.6 Å². The van der Waals surface area contributed by atoms with Crippen LogP contribution in [0.25, 0.3) is 0 Å². The fourth-order valence-corrected chi connectivity index (χ4v) is 7.42. The van der Waals surface area contributed by atoms with Gasteiger partial charge in [-0.05, 0) is 16.7 Å². The highest BCUT2D eigenvalue weighted by Crippen LogP contribution is 2.66. The van der Waals surface area contributed by atoms with E-state index in [9.17, 15) is 18.3 Å². The summed E-state index contributed by atoms with van der Waals surface area (Å²) in [7, 11) is -14.1. The summed E-state index contributed by atoms with van der Waals surface area (Å²) < 4.78 is 79.7. The molecule has 0 amide bonds. The average Bonchev–Trinajstić information content (AvgIpc) is 2.90. The Morgan fingerprint density at radius 3 is 1.00 bits per heavy atom. The van der Waals surface area contributed by atoms with Crippen LogP contribution in [0.4, 0.5) is 0 Å². The van der Waals surface area contributed by atoms with Gasteiger partial charge in [-0.1, -0.05) is 91.0 Å². The Hall–Kier alpha value is -2.05. The Balaban J connectivity index is 1.52. The van der Waals surface area contributed by atoms with Crippen molar-refractivity contribution in [2.24, 2.45) is 0 Å². The fraction of sp³-hybridized carbons (Fsp3) is 0.250. The van der Waals surface area contributed by atoms with Crippen molar-refractivity contribution >= 4 is 32.6 Å². The monoisotopic (exact) mass is 599 g/mol. The molecule has 3 atom stereocenters. The second-order valence-electron chi connectivity index (χ2n) is 7.57. The summed E-state index contributed by atoms with van der Waals surface area (Å²) in [5.74, 6) is 0. The molecule has 0 aliphatic rings. The molecular formula is C24H27O10P4+3. The van der Waals surface area contributed by atoms with Crippen molar-refractivity contribution in [3.8, 4) is 0 Å². The molecule has 0 N–H and O–H groups in total. The summed E-state index contributed by atoms with van der Waals surface area (Å²) in [6.45, 7) is -0.129. The molecule has 0 heterocycles. The van der Waals surface area contributed by atoms with Gasteiger partial charge in [0.15, 0.2) is 0 Å². The van der Waals surface area contributed by atoms with Crippen LogP contribution in [0.15, 0.2) is 91.0 Å². The van der Waals surface area contributed by atoms with Crippen molar-refractivity contribution in [1.29, 1.82) is 0 Å². The van der Waals surface area contributed by atoms with Crippen LogP contribution < -0.4 is 0 Å². The van der Waals surface area contributed by atoms with Crippen LogP contribution in [-0.2, 0) is 64.0 Å². The van der Waals surface area contributed by atoms with Crippen LogP contribution in [0, 0.1) is 0 Å². The first-order valence-corrected chi connectivity index (χ1v) is 16.3. The Morgan fingerprint density at radius 2 is 0.737 bits per heavy atom. The minimum absolute atomic E-state index is 0.0430. The molecule has 0 radical (unpaired) electrons. The van der Waals surface area contributed by atoms with E-state index in [-0.39, 0.29) is 19.8 Å². The maximum Gasteiger partial charge on any atom is 0.708 e. The third kappa shape index (κ3) is 12.2. The van der Waals surface area contributed by atoms with E-state index in [1.807, 2.05) is 91.0 Å². The predicted molar refractivity (Wildman–Crippen MR) is 142 cm³/mol. The molecular weight excluding hydrogens is 572 g/mol. The SMILES string of the molecule is O=[P+](OCCc1ccccc1)OP(=O)(O[P+](=O)OCCc1ccccc1)O[P+](=O)OCCc1ccccc1. The van der Waals surface area contributed by atoms with Gasteiger partial charge in [0, 0.05) is 45.9 Å². The van der Waals surface area contributed by atoms with Gasteiger partial charge in [-0.25, -0.2) is 4.57 Å². The van der Waals surface area contributed by atoms with Gasteiger partial charge in [0.05, 0.1) is 0 Å². The second-order valence-corrected chi connectivity index (χ2v) is 12.5. The summed E-state index contributed by atoms with van der Waals surface area (Å²) in [4.78, 5) is 0. The molecule has 0 bridgehead atoms. The smallest absolute Gasteiger partial charge is 0.217 e. The van der Waals surface area contributed by atoms with E-state index in [0.29, 0.717) is 19.3 Å². The Bertz CT molecular complexity index is 1060. The number of phosphoric acid groups is 1. The number of rotatable bonds is 18. The molecule has 3 aromatic carbocycles. The van der Waals surface area contributed by atoms with Crippen LogP contribution in [0.1, 0.15) is 16.7 Å². The van der Waals surface area contributed by atoms with Gasteiger partial charge in [-0.2, -0.15) is 0 Å². The Labute approximate surface area is 224 Å². The third-order valence-corrected chi connectivity index (χ3v) is 9.97. The summed E-state index contributed by atoms with van der Waals surface area (Å²) in [6.07, 6.45) is 1.18. The van der Waals surface area contributed by atoms with Crippen molar-refractivity contribution in [2.75, 3.05) is 19.8 Å². The van der Waals surface area contributed by atoms with E-state index < -0.39 is 32.6 Å². The zero-order chi connectivity index (χ0) is 27.1. The maximum absolute atomic E-state index is 13.1. The highest BCUT2D eigenvalue weighted by Gasteiger charge is 2.56. The summed E-state index contributed by atoms with van der Waals surface area (Å²) in [5.41, 5.74) is 2.74. The van der Waals surface area contributed by atoms with Crippen molar-refractivity contribution < 1.29 is 44.8 Å². The molecule has 0 saturated heterocycles. The number of hydrogen-bond donors (Lipinski definition) is 0. The topological polar surface area (TPSA) is 124 Å². The second kappa shape index (κ2) is 16.8. The molecule has 0 aliphatic heterocycles. The van der Waals surface area contributed by atoms with Crippen LogP contribution in [-0.4, -0.2) is 19.8 Å². The van der Waals surface area contributed by atoms with Crippen molar-refractivity contribution in [1.82, 2.24) is 0 Å². The van der Waals surface area contributed by atoms with E-state index in [2.05, 4.69) is 0 Å². The first-order chi connectivity index (χ1) is 18.4. The van der Waals surface area contributed by atoms with Gasteiger partial charge < -0.3 is 0 Å². The van der Waals surface area contributed by atoms with Gasteiger partial charge in [0.2, 0.25) is 0 Å². The zero-order valence-corrected chi connectivity index (χ0v) is 23.9.